The number of carbonyl (C=O) groups is 2. The number of amides is 1. The molecule has 5 N–H and O–H groups in total. The molecule has 3 aromatic heterocycles. The minimum atomic E-state index is -1.33. The second kappa shape index (κ2) is 11.7. The minimum Gasteiger partial charge on any atom is -0.450 e. The summed E-state index contributed by atoms with van der Waals surface area (Å²) in [6.45, 7) is 4.36. The van der Waals surface area contributed by atoms with Gasteiger partial charge in [0.1, 0.15) is 11.3 Å². The summed E-state index contributed by atoms with van der Waals surface area (Å²) in [5.41, 5.74) is 17.3. The predicted molar refractivity (Wildman–Crippen MR) is 173 cm³/mol. The molecule has 0 atom stereocenters. The lowest BCUT2D eigenvalue weighted by molar-refractivity contribution is -0.160. The first-order valence-electron chi connectivity index (χ1n) is 14.2. The molecule has 2 aromatic carbocycles. The molecule has 0 aliphatic heterocycles. The SMILES string of the molecule is CC(=O)OC(C)(C)C(=O)Nc1cccc(-c2ccc3nc(-c4cccnc4N)n(-c4ccc(C5(N)CCC5)cc4)c3n2)c1.Cl. The first-order valence-corrected chi connectivity index (χ1v) is 14.2. The number of fused-ring (bicyclic) bond motifs is 1. The van der Waals surface area contributed by atoms with Gasteiger partial charge in [0.15, 0.2) is 17.1 Å². The first-order chi connectivity index (χ1) is 20.5. The molecule has 1 aliphatic rings. The van der Waals surface area contributed by atoms with Crippen molar-refractivity contribution in [1.29, 1.82) is 0 Å². The van der Waals surface area contributed by atoms with Crippen LogP contribution in [0.4, 0.5) is 11.5 Å². The predicted octanol–water partition coefficient (Wildman–Crippen LogP) is 5.77. The van der Waals surface area contributed by atoms with Gasteiger partial charge in [-0.3, -0.25) is 14.2 Å². The Bertz CT molecular complexity index is 1860. The highest BCUT2D eigenvalue weighted by Crippen LogP contribution is 2.39. The van der Waals surface area contributed by atoms with Gasteiger partial charge < -0.3 is 21.5 Å². The molecule has 5 aromatic rings. The second-order valence-corrected chi connectivity index (χ2v) is 11.4. The lowest BCUT2D eigenvalue weighted by Crippen LogP contribution is -2.43. The number of halogens is 1. The Balaban J connectivity index is 0.00000384. The molecule has 44 heavy (non-hydrogen) atoms. The Kier molecular flexibility index (Phi) is 8.15. The number of hydrogen-bond donors (Lipinski definition) is 3. The number of esters is 1. The van der Waals surface area contributed by atoms with Crippen LogP contribution in [0.1, 0.15) is 45.6 Å². The maximum absolute atomic E-state index is 12.8. The summed E-state index contributed by atoms with van der Waals surface area (Å²) in [5.74, 6) is 0.0181. The molecule has 0 radical (unpaired) electrons. The van der Waals surface area contributed by atoms with E-state index in [1.165, 1.54) is 6.92 Å². The van der Waals surface area contributed by atoms with E-state index in [1.807, 2.05) is 59.2 Å². The summed E-state index contributed by atoms with van der Waals surface area (Å²) in [5, 5.41) is 2.84. The third-order valence-corrected chi connectivity index (χ3v) is 7.89. The van der Waals surface area contributed by atoms with E-state index in [9.17, 15) is 9.59 Å². The highest BCUT2D eigenvalue weighted by Gasteiger charge is 2.34. The van der Waals surface area contributed by atoms with E-state index < -0.39 is 17.5 Å². The quantitative estimate of drug-likeness (QED) is 0.196. The van der Waals surface area contributed by atoms with E-state index >= 15 is 0 Å². The molecule has 1 aliphatic carbocycles. The fraction of sp³-hybridized carbons (Fsp3) is 0.242. The maximum Gasteiger partial charge on any atom is 0.303 e. The zero-order valence-corrected chi connectivity index (χ0v) is 25.5. The number of hydrogen-bond acceptors (Lipinski definition) is 8. The summed E-state index contributed by atoms with van der Waals surface area (Å²) in [4.78, 5) is 38.5. The standard InChI is InChI=1S/C33H33N7O3.ClH/c1-20(41)43-32(2,3)31(42)37-23-8-4-7-21(19-23)26-14-15-27-30(38-26)40(29(39-27)25-9-5-18-36-28(25)34)24-12-10-22(11-13-24)33(35)16-6-17-33;/h4-5,7-15,18-19H,6,16-17,35H2,1-3H3,(H2,34,36)(H,37,42);1H. The number of benzene rings is 2. The molecule has 10 nitrogen and oxygen atoms in total. The van der Waals surface area contributed by atoms with Crippen LogP contribution in [0.5, 0.6) is 0 Å². The number of ether oxygens (including phenoxy) is 1. The van der Waals surface area contributed by atoms with E-state index in [0.29, 0.717) is 39.8 Å². The van der Waals surface area contributed by atoms with Crippen LogP contribution in [0.3, 0.4) is 0 Å². The lowest BCUT2D eigenvalue weighted by atomic mass is 9.73. The third-order valence-electron chi connectivity index (χ3n) is 7.89. The van der Waals surface area contributed by atoms with E-state index in [1.54, 1.807) is 26.1 Å². The van der Waals surface area contributed by atoms with Crippen LogP contribution in [-0.4, -0.2) is 37.0 Å². The number of aromatic nitrogens is 4. The number of rotatable bonds is 7. The maximum atomic E-state index is 12.8. The summed E-state index contributed by atoms with van der Waals surface area (Å²) in [7, 11) is 0. The molecule has 3 heterocycles. The number of imidazole rings is 1. The molecule has 0 unspecified atom stereocenters. The van der Waals surface area contributed by atoms with Crippen molar-refractivity contribution in [2.24, 2.45) is 5.73 Å². The first kappa shape index (κ1) is 30.7. The Morgan fingerprint density at radius 2 is 1.75 bits per heavy atom. The van der Waals surface area contributed by atoms with E-state index in [4.69, 9.17) is 26.2 Å². The Morgan fingerprint density at radius 1 is 1.00 bits per heavy atom. The van der Waals surface area contributed by atoms with Gasteiger partial charge >= 0.3 is 5.97 Å². The van der Waals surface area contributed by atoms with Crippen LogP contribution in [0.15, 0.2) is 79.0 Å². The Labute approximate surface area is 261 Å². The molecule has 1 saturated carbocycles. The van der Waals surface area contributed by atoms with Crippen LogP contribution < -0.4 is 16.8 Å². The smallest absolute Gasteiger partial charge is 0.303 e. The molecular weight excluding hydrogens is 578 g/mol. The highest BCUT2D eigenvalue weighted by atomic mass is 35.5. The number of nitrogens with two attached hydrogens (primary N) is 2. The van der Waals surface area contributed by atoms with Crippen molar-refractivity contribution in [3.05, 3.63) is 84.6 Å². The molecule has 11 heteroatoms. The molecule has 6 rings (SSSR count). The number of pyridine rings is 2. The molecule has 1 amide bonds. The van der Waals surface area contributed by atoms with Gasteiger partial charge in [-0.25, -0.2) is 15.0 Å². The molecule has 1 fully saturated rings. The average molecular weight is 612 g/mol. The van der Waals surface area contributed by atoms with Gasteiger partial charge in [0.05, 0.1) is 11.3 Å². The molecule has 0 spiro atoms. The van der Waals surface area contributed by atoms with E-state index in [-0.39, 0.29) is 17.9 Å². The highest BCUT2D eigenvalue weighted by molar-refractivity contribution is 5.98. The van der Waals surface area contributed by atoms with Crippen molar-refractivity contribution in [3.63, 3.8) is 0 Å². The van der Waals surface area contributed by atoms with Crippen molar-refractivity contribution in [2.45, 2.75) is 51.2 Å². The summed E-state index contributed by atoms with van der Waals surface area (Å²) in [6.07, 6.45) is 4.73. The van der Waals surface area contributed by atoms with Crippen molar-refractivity contribution in [1.82, 2.24) is 19.5 Å². The van der Waals surface area contributed by atoms with Gasteiger partial charge in [-0.1, -0.05) is 24.3 Å². The summed E-state index contributed by atoms with van der Waals surface area (Å²) >= 11 is 0. The normalized spacial score (nSPS) is 13.9. The molecular formula is C33H34ClN7O3. The Hall–Kier alpha value is -4.80. The van der Waals surface area contributed by atoms with Gasteiger partial charge in [-0.15, -0.1) is 12.4 Å². The number of carbonyl (C=O) groups excluding carboxylic acids is 2. The number of nitrogens with zero attached hydrogens (tertiary/aromatic N) is 4. The van der Waals surface area contributed by atoms with Crippen molar-refractivity contribution in [2.75, 3.05) is 11.1 Å². The molecule has 0 bridgehead atoms. The van der Waals surface area contributed by atoms with Crippen LogP contribution in [0.2, 0.25) is 0 Å². The van der Waals surface area contributed by atoms with Crippen LogP contribution in [-0.2, 0) is 19.9 Å². The molecule has 226 valence electrons. The van der Waals surface area contributed by atoms with Crippen LogP contribution >= 0.6 is 12.4 Å². The van der Waals surface area contributed by atoms with Crippen LogP contribution in [0.25, 0.3) is 39.5 Å². The monoisotopic (exact) mass is 611 g/mol. The average Bonchev–Trinajstić information content (AvgIpc) is 3.34. The second-order valence-electron chi connectivity index (χ2n) is 11.4. The van der Waals surface area contributed by atoms with E-state index in [0.717, 1.165) is 36.1 Å². The zero-order valence-electron chi connectivity index (χ0n) is 24.7. The van der Waals surface area contributed by atoms with E-state index in [2.05, 4.69) is 22.4 Å². The fourth-order valence-electron chi connectivity index (χ4n) is 5.38. The van der Waals surface area contributed by atoms with Gasteiger partial charge in [-0.05, 0) is 87.2 Å². The summed E-state index contributed by atoms with van der Waals surface area (Å²) < 4.78 is 7.16. The van der Waals surface area contributed by atoms with Crippen molar-refractivity contribution < 1.29 is 14.3 Å². The summed E-state index contributed by atoms with van der Waals surface area (Å²) in [6, 6.07) is 23.1. The molecule has 0 saturated heterocycles. The van der Waals surface area contributed by atoms with Crippen molar-refractivity contribution in [3.8, 4) is 28.3 Å². The topological polar surface area (TPSA) is 151 Å². The number of nitrogens with one attached hydrogen (secondary N) is 1. The lowest BCUT2D eigenvalue weighted by Gasteiger charge is -2.38. The van der Waals surface area contributed by atoms with Gasteiger partial charge in [0.2, 0.25) is 0 Å². The van der Waals surface area contributed by atoms with Crippen LogP contribution in [0, 0.1) is 0 Å². The largest absolute Gasteiger partial charge is 0.450 e. The Morgan fingerprint density at radius 3 is 2.41 bits per heavy atom. The number of nitrogen functional groups attached to an aromatic ring is 1. The fourth-order valence-corrected chi connectivity index (χ4v) is 5.38. The number of anilines is 2. The third kappa shape index (κ3) is 5.73. The van der Waals surface area contributed by atoms with Gasteiger partial charge in [0, 0.05) is 35.6 Å². The van der Waals surface area contributed by atoms with Crippen molar-refractivity contribution >= 4 is 47.0 Å². The van der Waals surface area contributed by atoms with Gasteiger partial charge in [0.25, 0.3) is 5.91 Å². The zero-order chi connectivity index (χ0) is 30.4. The minimum absolute atomic E-state index is 0. The van der Waals surface area contributed by atoms with Gasteiger partial charge in [-0.2, -0.15) is 0 Å².